The van der Waals surface area contributed by atoms with Crippen molar-refractivity contribution < 1.29 is 4.79 Å². The van der Waals surface area contributed by atoms with Crippen LogP contribution in [0.15, 0.2) is 42.5 Å². The Hall–Kier alpha value is -2.75. The van der Waals surface area contributed by atoms with Crippen molar-refractivity contribution in [3.8, 4) is 0 Å². The van der Waals surface area contributed by atoms with Gasteiger partial charge in [0.2, 0.25) is 0 Å². The molecule has 0 saturated carbocycles. The van der Waals surface area contributed by atoms with Gasteiger partial charge in [-0.2, -0.15) is 0 Å². The van der Waals surface area contributed by atoms with Crippen molar-refractivity contribution in [2.75, 3.05) is 0 Å². The number of fused-ring (bicyclic) bond motifs is 4. The van der Waals surface area contributed by atoms with Crippen molar-refractivity contribution in [3.63, 3.8) is 0 Å². The number of para-hydroxylation sites is 2. The lowest BCUT2D eigenvalue weighted by molar-refractivity contribution is 0.112. The van der Waals surface area contributed by atoms with Gasteiger partial charge < -0.3 is 4.57 Å². The minimum atomic E-state index is 0.660. The third kappa shape index (κ3) is 1.39. The van der Waals surface area contributed by atoms with Crippen LogP contribution in [0.3, 0.4) is 0 Å². The molecule has 0 fully saturated rings. The first kappa shape index (κ1) is 11.1. The highest BCUT2D eigenvalue weighted by molar-refractivity contribution is 6.07. The highest BCUT2D eigenvalue weighted by Gasteiger charge is 2.12. The molecular formula is C16H11N3O. The van der Waals surface area contributed by atoms with E-state index in [1.807, 2.05) is 54.1 Å². The molecule has 0 radical (unpaired) electrons. The van der Waals surface area contributed by atoms with E-state index in [4.69, 9.17) is 4.98 Å². The zero-order chi connectivity index (χ0) is 13.7. The number of carbonyl (C=O) groups is 1. The van der Waals surface area contributed by atoms with Gasteiger partial charge in [0.05, 0.1) is 16.6 Å². The number of rotatable bonds is 1. The Labute approximate surface area is 114 Å². The zero-order valence-corrected chi connectivity index (χ0v) is 10.9. The number of benzene rings is 2. The quantitative estimate of drug-likeness (QED) is 0.495. The van der Waals surface area contributed by atoms with Gasteiger partial charge in [-0.3, -0.25) is 4.79 Å². The van der Waals surface area contributed by atoms with Crippen LogP contribution in [-0.2, 0) is 7.05 Å². The summed E-state index contributed by atoms with van der Waals surface area (Å²) in [6.45, 7) is 0. The third-order valence-electron chi connectivity index (χ3n) is 3.64. The van der Waals surface area contributed by atoms with E-state index in [9.17, 15) is 4.79 Å². The fraction of sp³-hybridized carbons (Fsp3) is 0.0625. The summed E-state index contributed by atoms with van der Waals surface area (Å²) >= 11 is 0. The van der Waals surface area contributed by atoms with Crippen molar-refractivity contribution in [2.45, 2.75) is 0 Å². The van der Waals surface area contributed by atoms with Crippen molar-refractivity contribution in [1.82, 2.24) is 14.5 Å². The molecule has 2 heterocycles. The van der Waals surface area contributed by atoms with Gasteiger partial charge in [0, 0.05) is 18.0 Å². The number of carbonyl (C=O) groups excluding carboxylic acids is 1. The summed E-state index contributed by atoms with van der Waals surface area (Å²) < 4.78 is 1.98. The van der Waals surface area contributed by atoms with E-state index in [1.165, 1.54) is 0 Å². The van der Waals surface area contributed by atoms with E-state index in [0.717, 1.165) is 39.4 Å². The summed E-state index contributed by atoms with van der Waals surface area (Å²) in [6.07, 6.45) is 0.856. The number of aromatic nitrogens is 3. The van der Waals surface area contributed by atoms with Crippen molar-refractivity contribution in [2.24, 2.45) is 7.05 Å². The Morgan fingerprint density at radius 1 is 1.05 bits per heavy atom. The number of hydrogen-bond acceptors (Lipinski definition) is 3. The highest BCUT2D eigenvalue weighted by atomic mass is 16.1. The summed E-state index contributed by atoms with van der Waals surface area (Å²) in [7, 11) is 1.95. The topological polar surface area (TPSA) is 47.8 Å². The number of aryl methyl sites for hydroxylation is 1. The average Bonchev–Trinajstić information content (AvgIpc) is 2.77. The van der Waals surface area contributed by atoms with E-state index in [-0.39, 0.29) is 0 Å². The van der Waals surface area contributed by atoms with Gasteiger partial charge in [-0.1, -0.05) is 18.2 Å². The fourth-order valence-electron chi connectivity index (χ4n) is 2.62. The van der Waals surface area contributed by atoms with Gasteiger partial charge >= 0.3 is 0 Å². The first-order chi connectivity index (χ1) is 9.78. The van der Waals surface area contributed by atoms with Gasteiger partial charge in [0.15, 0.2) is 5.65 Å². The summed E-state index contributed by atoms with van der Waals surface area (Å²) in [6, 6.07) is 13.4. The number of aldehydes is 1. The molecule has 0 atom stereocenters. The van der Waals surface area contributed by atoms with Gasteiger partial charge in [0.1, 0.15) is 11.8 Å². The molecule has 4 heteroatoms. The molecule has 0 N–H and O–H groups in total. The Balaban J connectivity index is 2.24. The second-order valence-electron chi connectivity index (χ2n) is 4.84. The van der Waals surface area contributed by atoms with Crippen LogP contribution in [0.25, 0.3) is 33.1 Å². The molecular weight excluding hydrogens is 250 g/mol. The Kier molecular flexibility index (Phi) is 2.15. The van der Waals surface area contributed by atoms with Gasteiger partial charge in [-0.25, -0.2) is 9.97 Å². The highest BCUT2D eigenvalue weighted by Crippen LogP contribution is 2.27. The molecule has 0 saturated heterocycles. The van der Waals surface area contributed by atoms with Crippen LogP contribution in [0.5, 0.6) is 0 Å². The van der Waals surface area contributed by atoms with Crippen LogP contribution in [0.2, 0.25) is 0 Å². The summed E-state index contributed by atoms with van der Waals surface area (Å²) in [5.41, 5.74) is 5.10. The summed E-state index contributed by atoms with van der Waals surface area (Å²) in [5.74, 6) is 0. The van der Waals surface area contributed by atoms with E-state index in [0.29, 0.717) is 5.56 Å². The fourth-order valence-corrected chi connectivity index (χ4v) is 2.62. The second-order valence-corrected chi connectivity index (χ2v) is 4.84. The second kappa shape index (κ2) is 3.87. The Morgan fingerprint density at radius 2 is 1.80 bits per heavy atom. The van der Waals surface area contributed by atoms with Crippen LogP contribution in [0.1, 0.15) is 10.4 Å². The molecule has 0 aliphatic carbocycles. The average molecular weight is 261 g/mol. The van der Waals surface area contributed by atoms with Crippen molar-refractivity contribution in [1.29, 1.82) is 0 Å². The molecule has 2 aromatic carbocycles. The van der Waals surface area contributed by atoms with Crippen LogP contribution >= 0.6 is 0 Å². The number of hydrogen-bond donors (Lipinski definition) is 0. The van der Waals surface area contributed by atoms with Crippen LogP contribution in [0.4, 0.5) is 0 Å². The van der Waals surface area contributed by atoms with Crippen molar-refractivity contribution >= 4 is 39.4 Å². The molecule has 0 amide bonds. The zero-order valence-electron chi connectivity index (χ0n) is 10.9. The Morgan fingerprint density at radius 3 is 2.55 bits per heavy atom. The van der Waals surface area contributed by atoms with Gasteiger partial charge in [-0.05, 0) is 24.3 Å². The lowest BCUT2D eigenvalue weighted by Crippen LogP contribution is -1.92. The monoisotopic (exact) mass is 261 g/mol. The predicted octanol–water partition coefficient (Wildman–Crippen LogP) is 3.09. The van der Waals surface area contributed by atoms with Crippen molar-refractivity contribution in [3.05, 3.63) is 48.0 Å². The largest absolute Gasteiger partial charge is 0.327 e. The van der Waals surface area contributed by atoms with E-state index < -0.39 is 0 Å². The maximum atomic E-state index is 10.9. The molecule has 4 aromatic rings. The van der Waals surface area contributed by atoms with Crippen LogP contribution in [0, 0.1) is 0 Å². The smallest absolute Gasteiger partial charge is 0.160 e. The maximum absolute atomic E-state index is 10.9. The first-order valence-corrected chi connectivity index (χ1v) is 6.38. The normalized spacial score (nSPS) is 11.4. The molecule has 96 valence electrons. The molecule has 0 spiro atoms. The first-order valence-electron chi connectivity index (χ1n) is 6.38. The summed E-state index contributed by atoms with van der Waals surface area (Å²) in [5, 5.41) is 1.02. The minimum absolute atomic E-state index is 0.660. The molecule has 0 aliphatic rings. The van der Waals surface area contributed by atoms with Gasteiger partial charge in [-0.15, -0.1) is 0 Å². The lowest BCUT2D eigenvalue weighted by Gasteiger charge is -1.99. The third-order valence-corrected chi connectivity index (χ3v) is 3.64. The SMILES string of the molecule is Cn1c2cc(C=O)ccc2c2nc3ccccc3nc21. The van der Waals surface area contributed by atoms with Crippen LogP contribution in [-0.4, -0.2) is 20.8 Å². The van der Waals surface area contributed by atoms with Crippen LogP contribution < -0.4 is 0 Å². The minimum Gasteiger partial charge on any atom is -0.327 e. The molecule has 20 heavy (non-hydrogen) atoms. The molecule has 4 rings (SSSR count). The molecule has 4 nitrogen and oxygen atoms in total. The van der Waals surface area contributed by atoms with E-state index in [1.54, 1.807) is 0 Å². The molecule has 0 aliphatic heterocycles. The molecule has 2 aromatic heterocycles. The predicted molar refractivity (Wildman–Crippen MR) is 78.9 cm³/mol. The summed E-state index contributed by atoms with van der Waals surface area (Å²) in [4.78, 5) is 20.3. The maximum Gasteiger partial charge on any atom is 0.160 e. The van der Waals surface area contributed by atoms with Gasteiger partial charge in [0.25, 0.3) is 0 Å². The standard InChI is InChI=1S/C16H11N3O/c1-19-14-8-10(9-20)6-7-11(14)15-16(19)18-13-5-3-2-4-12(13)17-15/h2-9H,1H3. The lowest BCUT2D eigenvalue weighted by atomic mass is 10.2. The van der Waals surface area contributed by atoms with E-state index >= 15 is 0 Å². The molecule has 0 bridgehead atoms. The number of nitrogens with zero attached hydrogens (tertiary/aromatic N) is 3. The van der Waals surface area contributed by atoms with E-state index in [2.05, 4.69) is 4.98 Å². The Bertz CT molecular complexity index is 985. The molecule has 0 unspecified atom stereocenters.